The second-order valence-corrected chi connectivity index (χ2v) is 3.78. The Morgan fingerprint density at radius 1 is 0.857 bits per heavy atom. The molecule has 0 saturated heterocycles. The van der Waals surface area contributed by atoms with E-state index < -0.39 is 0 Å². The van der Waals surface area contributed by atoms with Crippen LogP contribution in [-0.2, 0) is 0 Å². The molecule has 0 heterocycles. The van der Waals surface area contributed by atoms with Gasteiger partial charge >= 0.3 is 0 Å². The lowest BCUT2D eigenvalue weighted by Gasteiger charge is -2.07. The Morgan fingerprint density at radius 2 is 1.57 bits per heavy atom. The summed E-state index contributed by atoms with van der Waals surface area (Å²) in [5, 5.41) is 0. The van der Waals surface area contributed by atoms with Gasteiger partial charge in [-0.2, -0.15) is 0 Å². The maximum atomic E-state index is 4.52. The fourth-order valence-electron chi connectivity index (χ4n) is 1.51. The van der Waals surface area contributed by atoms with E-state index in [9.17, 15) is 0 Å². The Balaban J connectivity index is 2.58. The van der Waals surface area contributed by atoms with Gasteiger partial charge in [-0.05, 0) is 23.6 Å². The van der Waals surface area contributed by atoms with Crippen molar-refractivity contribution in [3.8, 4) is 11.1 Å². The van der Waals surface area contributed by atoms with Crippen LogP contribution in [0.1, 0.15) is 5.56 Å². The monoisotopic (exact) mass is 200 g/mol. The minimum absolute atomic E-state index is 1.07. The molecule has 14 heavy (non-hydrogen) atoms. The molecular weight excluding hydrogens is 188 g/mol. The Bertz CT molecular complexity index is 432. The third kappa shape index (κ3) is 1.68. The van der Waals surface area contributed by atoms with Gasteiger partial charge in [0.25, 0.3) is 0 Å². The van der Waals surface area contributed by atoms with E-state index in [1.54, 1.807) is 0 Å². The summed E-state index contributed by atoms with van der Waals surface area (Å²) in [5.41, 5.74) is 3.64. The SMILES string of the molecule is Cc1cccc(-c2ccccc2)c1S. The lowest BCUT2D eigenvalue weighted by atomic mass is 10.0. The van der Waals surface area contributed by atoms with E-state index in [2.05, 4.69) is 49.9 Å². The summed E-state index contributed by atoms with van der Waals surface area (Å²) in [7, 11) is 0. The summed E-state index contributed by atoms with van der Waals surface area (Å²) in [5.74, 6) is 0. The van der Waals surface area contributed by atoms with Crippen molar-refractivity contribution in [2.24, 2.45) is 0 Å². The summed E-state index contributed by atoms with van der Waals surface area (Å²) in [4.78, 5) is 1.07. The molecule has 0 spiro atoms. The van der Waals surface area contributed by atoms with Crippen LogP contribution < -0.4 is 0 Å². The first-order chi connectivity index (χ1) is 6.79. The summed E-state index contributed by atoms with van der Waals surface area (Å²) in [6.07, 6.45) is 0. The van der Waals surface area contributed by atoms with Crippen LogP contribution in [0.15, 0.2) is 53.4 Å². The first-order valence-corrected chi connectivity index (χ1v) is 5.08. The van der Waals surface area contributed by atoms with Crippen LogP contribution in [0.2, 0.25) is 0 Å². The molecule has 0 amide bonds. The van der Waals surface area contributed by atoms with Crippen LogP contribution in [-0.4, -0.2) is 0 Å². The summed E-state index contributed by atoms with van der Waals surface area (Å²) < 4.78 is 0. The van der Waals surface area contributed by atoms with Gasteiger partial charge in [-0.25, -0.2) is 0 Å². The third-order valence-electron chi connectivity index (χ3n) is 2.32. The van der Waals surface area contributed by atoms with E-state index in [0.29, 0.717) is 0 Å². The maximum Gasteiger partial charge on any atom is 0.0148 e. The van der Waals surface area contributed by atoms with Crippen LogP contribution in [0, 0.1) is 6.92 Å². The topological polar surface area (TPSA) is 0 Å². The fourth-order valence-corrected chi connectivity index (χ4v) is 1.79. The minimum Gasteiger partial charge on any atom is -0.143 e. The highest BCUT2D eigenvalue weighted by atomic mass is 32.1. The summed E-state index contributed by atoms with van der Waals surface area (Å²) in [6.45, 7) is 2.08. The number of hydrogen-bond acceptors (Lipinski definition) is 1. The largest absolute Gasteiger partial charge is 0.143 e. The molecular formula is C13H12S. The highest BCUT2D eigenvalue weighted by Crippen LogP contribution is 2.28. The van der Waals surface area contributed by atoms with Crippen LogP contribution in [0.3, 0.4) is 0 Å². The van der Waals surface area contributed by atoms with Gasteiger partial charge in [-0.3, -0.25) is 0 Å². The maximum absolute atomic E-state index is 4.52. The fraction of sp³-hybridized carbons (Fsp3) is 0.0769. The molecule has 0 saturated carbocycles. The first-order valence-electron chi connectivity index (χ1n) is 4.63. The van der Waals surface area contributed by atoms with Crippen molar-refractivity contribution in [2.75, 3.05) is 0 Å². The Kier molecular flexibility index (Phi) is 2.60. The van der Waals surface area contributed by atoms with Crippen molar-refractivity contribution in [2.45, 2.75) is 11.8 Å². The zero-order valence-electron chi connectivity index (χ0n) is 8.07. The molecule has 2 aromatic carbocycles. The number of thiol groups is 1. The second kappa shape index (κ2) is 3.89. The molecule has 0 unspecified atom stereocenters. The van der Waals surface area contributed by atoms with E-state index in [0.717, 1.165) is 4.90 Å². The lowest BCUT2D eigenvalue weighted by molar-refractivity contribution is 1.31. The molecule has 0 atom stereocenters. The van der Waals surface area contributed by atoms with Crippen LogP contribution in [0.5, 0.6) is 0 Å². The van der Waals surface area contributed by atoms with Gasteiger partial charge in [0.2, 0.25) is 0 Å². The molecule has 2 aromatic rings. The smallest absolute Gasteiger partial charge is 0.0148 e. The molecule has 70 valence electrons. The molecule has 0 fully saturated rings. The van der Waals surface area contributed by atoms with Gasteiger partial charge in [0, 0.05) is 4.90 Å². The molecule has 0 radical (unpaired) electrons. The molecule has 0 aliphatic heterocycles. The van der Waals surface area contributed by atoms with Gasteiger partial charge < -0.3 is 0 Å². The minimum atomic E-state index is 1.07. The Labute approximate surface area is 90.0 Å². The second-order valence-electron chi connectivity index (χ2n) is 3.34. The Hall–Kier alpha value is -1.21. The molecule has 0 aliphatic rings. The normalized spacial score (nSPS) is 10.1. The number of aryl methyl sites for hydroxylation is 1. The van der Waals surface area contributed by atoms with E-state index in [1.165, 1.54) is 16.7 Å². The summed E-state index contributed by atoms with van der Waals surface area (Å²) in [6, 6.07) is 16.6. The van der Waals surface area contributed by atoms with Crippen LogP contribution >= 0.6 is 12.6 Å². The highest BCUT2D eigenvalue weighted by molar-refractivity contribution is 7.80. The van der Waals surface area contributed by atoms with E-state index in [-0.39, 0.29) is 0 Å². The molecule has 0 nitrogen and oxygen atoms in total. The van der Waals surface area contributed by atoms with Crippen molar-refractivity contribution in [3.05, 3.63) is 54.1 Å². The molecule has 0 aromatic heterocycles. The first kappa shape index (κ1) is 9.35. The van der Waals surface area contributed by atoms with Gasteiger partial charge in [0.1, 0.15) is 0 Å². The van der Waals surface area contributed by atoms with Gasteiger partial charge in [-0.1, -0.05) is 48.5 Å². The molecule has 0 N–H and O–H groups in total. The van der Waals surface area contributed by atoms with E-state index in [1.807, 2.05) is 18.2 Å². The van der Waals surface area contributed by atoms with Crippen molar-refractivity contribution in [1.82, 2.24) is 0 Å². The van der Waals surface area contributed by atoms with Crippen LogP contribution in [0.25, 0.3) is 11.1 Å². The van der Waals surface area contributed by atoms with E-state index >= 15 is 0 Å². The van der Waals surface area contributed by atoms with Crippen molar-refractivity contribution in [1.29, 1.82) is 0 Å². The average molecular weight is 200 g/mol. The highest BCUT2D eigenvalue weighted by Gasteiger charge is 2.02. The summed E-state index contributed by atoms with van der Waals surface area (Å²) >= 11 is 4.52. The molecule has 1 heteroatoms. The Morgan fingerprint density at radius 3 is 2.29 bits per heavy atom. The molecule has 0 aliphatic carbocycles. The number of rotatable bonds is 1. The van der Waals surface area contributed by atoms with Crippen molar-refractivity contribution in [3.63, 3.8) is 0 Å². The van der Waals surface area contributed by atoms with Gasteiger partial charge in [-0.15, -0.1) is 12.6 Å². The predicted molar refractivity (Wildman–Crippen MR) is 63.9 cm³/mol. The van der Waals surface area contributed by atoms with Crippen molar-refractivity contribution < 1.29 is 0 Å². The number of hydrogen-bond donors (Lipinski definition) is 1. The van der Waals surface area contributed by atoms with Crippen LogP contribution in [0.4, 0.5) is 0 Å². The van der Waals surface area contributed by atoms with Gasteiger partial charge in [0.05, 0.1) is 0 Å². The third-order valence-corrected chi connectivity index (χ3v) is 2.92. The zero-order chi connectivity index (χ0) is 9.97. The van der Waals surface area contributed by atoms with Gasteiger partial charge in [0.15, 0.2) is 0 Å². The quantitative estimate of drug-likeness (QED) is 0.662. The average Bonchev–Trinajstić information content (AvgIpc) is 2.23. The molecule has 2 rings (SSSR count). The predicted octanol–water partition coefficient (Wildman–Crippen LogP) is 3.95. The number of benzene rings is 2. The van der Waals surface area contributed by atoms with E-state index in [4.69, 9.17) is 0 Å². The zero-order valence-corrected chi connectivity index (χ0v) is 8.96. The standard InChI is InChI=1S/C13H12S/c1-10-6-5-9-12(13(10)14)11-7-3-2-4-8-11/h2-9,14H,1H3. The molecule has 0 bridgehead atoms. The van der Waals surface area contributed by atoms with Crippen molar-refractivity contribution >= 4 is 12.6 Å². The lowest BCUT2D eigenvalue weighted by Crippen LogP contribution is -1.82.